The van der Waals surface area contributed by atoms with Crippen molar-refractivity contribution in [3.05, 3.63) is 77.9 Å². The number of hydrogen-bond donors (Lipinski definition) is 1. The Labute approximate surface area is 137 Å². The average molecular weight is 327 g/mol. The van der Waals surface area contributed by atoms with Crippen molar-refractivity contribution in [1.82, 2.24) is 5.32 Å². The topological polar surface area (TPSA) is 38.3 Å². The zero-order chi connectivity index (χ0) is 16.9. The molecule has 0 atom stereocenters. The second-order valence-corrected chi connectivity index (χ2v) is 5.24. The molecular formula is C19H15F2NO2. The van der Waals surface area contributed by atoms with Gasteiger partial charge in [-0.15, -0.1) is 0 Å². The number of carbonyl (C=O) groups is 1. The van der Waals surface area contributed by atoms with E-state index in [-0.39, 0.29) is 18.7 Å². The third-order valence-corrected chi connectivity index (χ3v) is 3.56. The molecule has 0 saturated carbocycles. The van der Waals surface area contributed by atoms with E-state index in [0.29, 0.717) is 5.75 Å². The van der Waals surface area contributed by atoms with Crippen LogP contribution in [0.5, 0.6) is 5.75 Å². The predicted molar refractivity (Wildman–Crippen MR) is 88.1 cm³/mol. The first-order valence-corrected chi connectivity index (χ1v) is 7.48. The second kappa shape index (κ2) is 7.08. The zero-order valence-electron chi connectivity index (χ0n) is 12.8. The summed E-state index contributed by atoms with van der Waals surface area (Å²) in [4.78, 5) is 11.8. The van der Waals surface area contributed by atoms with Crippen molar-refractivity contribution in [2.24, 2.45) is 0 Å². The third kappa shape index (κ3) is 3.68. The van der Waals surface area contributed by atoms with Crippen molar-refractivity contribution in [3.63, 3.8) is 0 Å². The molecule has 122 valence electrons. The van der Waals surface area contributed by atoms with Crippen LogP contribution in [0, 0.1) is 11.6 Å². The summed E-state index contributed by atoms with van der Waals surface area (Å²) in [5.74, 6) is -1.80. The van der Waals surface area contributed by atoms with Gasteiger partial charge in [-0.05, 0) is 41.1 Å². The normalized spacial score (nSPS) is 10.6. The molecule has 0 saturated heterocycles. The molecule has 0 aromatic heterocycles. The van der Waals surface area contributed by atoms with Crippen LogP contribution >= 0.6 is 0 Å². The van der Waals surface area contributed by atoms with E-state index in [1.54, 1.807) is 0 Å². The molecule has 3 rings (SSSR count). The summed E-state index contributed by atoms with van der Waals surface area (Å²) >= 11 is 0. The molecule has 0 radical (unpaired) electrons. The maximum Gasteiger partial charge on any atom is 0.251 e. The van der Waals surface area contributed by atoms with Crippen molar-refractivity contribution < 1.29 is 18.3 Å². The van der Waals surface area contributed by atoms with E-state index in [9.17, 15) is 13.6 Å². The highest BCUT2D eigenvalue weighted by Gasteiger charge is 2.09. The van der Waals surface area contributed by atoms with Crippen LogP contribution in [0.25, 0.3) is 10.8 Å². The van der Waals surface area contributed by atoms with Gasteiger partial charge in [-0.1, -0.05) is 30.3 Å². The number of halogens is 2. The minimum atomic E-state index is -1.05. The number of rotatable bonds is 5. The SMILES string of the molecule is O=C(NCCOc1ccc2ccccc2c1)c1ccc(F)c(F)c1. The molecule has 0 heterocycles. The van der Waals surface area contributed by atoms with E-state index in [4.69, 9.17) is 4.74 Å². The van der Waals surface area contributed by atoms with Crippen molar-refractivity contribution >= 4 is 16.7 Å². The van der Waals surface area contributed by atoms with Gasteiger partial charge in [0.15, 0.2) is 11.6 Å². The standard InChI is InChI=1S/C19H15F2NO2/c20-17-8-6-15(12-18(17)21)19(23)22-9-10-24-16-7-5-13-3-1-2-4-14(13)11-16/h1-8,11-12H,9-10H2,(H,22,23). The maximum absolute atomic E-state index is 13.1. The molecule has 24 heavy (non-hydrogen) atoms. The Hall–Kier alpha value is -2.95. The zero-order valence-corrected chi connectivity index (χ0v) is 12.8. The number of carbonyl (C=O) groups excluding carboxylic acids is 1. The van der Waals surface area contributed by atoms with Gasteiger partial charge in [0.1, 0.15) is 12.4 Å². The van der Waals surface area contributed by atoms with Gasteiger partial charge in [-0.25, -0.2) is 8.78 Å². The van der Waals surface area contributed by atoms with Crippen LogP contribution in [0.3, 0.4) is 0 Å². The first-order chi connectivity index (χ1) is 11.6. The van der Waals surface area contributed by atoms with E-state index < -0.39 is 17.5 Å². The molecule has 5 heteroatoms. The van der Waals surface area contributed by atoms with Crippen LogP contribution in [0.2, 0.25) is 0 Å². The van der Waals surface area contributed by atoms with E-state index in [1.807, 2.05) is 42.5 Å². The van der Waals surface area contributed by atoms with Gasteiger partial charge in [-0.2, -0.15) is 0 Å². The molecule has 0 fully saturated rings. The highest BCUT2D eigenvalue weighted by atomic mass is 19.2. The summed E-state index contributed by atoms with van der Waals surface area (Å²) in [6.45, 7) is 0.526. The molecule has 1 amide bonds. The number of benzene rings is 3. The van der Waals surface area contributed by atoms with E-state index >= 15 is 0 Å². The molecule has 3 aromatic rings. The van der Waals surface area contributed by atoms with E-state index in [0.717, 1.165) is 22.9 Å². The molecule has 0 aliphatic rings. The lowest BCUT2D eigenvalue weighted by molar-refractivity contribution is 0.0946. The van der Waals surface area contributed by atoms with Gasteiger partial charge in [-0.3, -0.25) is 4.79 Å². The predicted octanol–water partition coefficient (Wildman–Crippen LogP) is 3.93. The van der Waals surface area contributed by atoms with Crippen molar-refractivity contribution in [2.45, 2.75) is 0 Å². The minimum absolute atomic E-state index is 0.0691. The summed E-state index contributed by atoms with van der Waals surface area (Å²) in [7, 11) is 0. The van der Waals surface area contributed by atoms with Gasteiger partial charge in [0, 0.05) is 5.56 Å². The van der Waals surface area contributed by atoms with Crippen LogP contribution in [0.15, 0.2) is 60.7 Å². The molecule has 1 N–H and O–H groups in total. The smallest absolute Gasteiger partial charge is 0.251 e. The van der Waals surface area contributed by atoms with Crippen molar-refractivity contribution in [2.75, 3.05) is 13.2 Å². The lowest BCUT2D eigenvalue weighted by Gasteiger charge is -2.09. The third-order valence-electron chi connectivity index (χ3n) is 3.56. The molecular weight excluding hydrogens is 312 g/mol. The molecule has 0 bridgehead atoms. The van der Waals surface area contributed by atoms with Gasteiger partial charge in [0.05, 0.1) is 6.54 Å². The molecule has 3 aromatic carbocycles. The lowest BCUT2D eigenvalue weighted by atomic mass is 10.1. The molecule has 0 unspecified atom stereocenters. The number of nitrogens with one attached hydrogen (secondary N) is 1. The van der Waals surface area contributed by atoms with Crippen LogP contribution in [-0.4, -0.2) is 19.1 Å². The van der Waals surface area contributed by atoms with Crippen LogP contribution in [0.1, 0.15) is 10.4 Å². The second-order valence-electron chi connectivity index (χ2n) is 5.24. The van der Waals surface area contributed by atoms with Gasteiger partial charge in [0.2, 0.25) is 0 Å². The summed E-state index contributed by atoms with van der Waals surface area (Å²) in [6, 6.07) is 16.7. The van der Waals surface area contributed by atoms with E-state index in [2.05, 4.69) is 5.32 Å². The Morgan fingerprint density at radius 1 is 0.917 bits per heavy atom. The summed E-state index contributed by atoms with van der Waals surface area (Å²) in [5, 5.41) is 4.79. The Morgan fingerprint density at radius 3 is 2.50 bits per heavy atom. The average Bonchev–Trinajstić information content (AvgIpc) is 2.60. The Morgan fingerprint density at radius 2 is 1.71 bits per heavy atom. The molecule has 0 spiro atoms. The monoisotopic (exact) mass is 327 g/mol. The number of fused-ring (bicyclic) bond motifs is 1. The number of ether oxygens (including phenoxy) is 1. The van der Waals surface area contributed by atoms with Gasteiger partial charge < -0.3 is 10.1 Å². The van der Waals surface area contributed by atoms with Gasteiger partial charge in [0.25, 0.3) is 5.91 Å². The van der Waals surface area contributed by atoms with Crippen LogP contribution in [-0.2, 0) is 0 Å². The summed E-state index contributed by atoms with van der Waals surface area (Å²) in [6.07, 6.45) is 0. The van der Waals surface area contributed by atoms with Crippen molar-refractivity contribution in [3.8, 4) is 5.75 Å². The fourth-order valence-corrected chi connectivity index (χ4v) is 2.33. The number of amides is 1. The van der Waals surface area contributed by atoms with Crippen LogP contribution < -0.4 is 10.1 Å². The Bertz CT molecular complexity index is 880. The number of hydrogen-bond acceptors (Lipinski definition) is 2. The lowest BCUT2D eigenvalue weighted by Crippen LogP contribution is -2.28. The first kappa shape index (κ1) is 15.9. The Kier molecular flexibility index (Phi) is 4.70. The first-order valence-electron chi connectivity index (χ1n) is 7.48. The molecule has 0 aliphatic heterocycles. The fraction of sp³-hybridized carbons (Fsp3) is 0.105. The maximum atomic E-state index is 13.1. The van der Waals surface area contributed by atoms with Gasteiger partial charge >= 0.3 is 0 Å². The fourth-order valence-electron chi connectivity index (χ4n) is 2.33. The largest absolute Gasteiger partial charge is 0.492 e. The van der Waals surface area contributed by atoms with E-state index in [1.165, 1.54) is 6.07 Å². The highest BCUT2D eigenvalue weighted by Crippen LogP contribution is 2.20. The molecule has 3 nitrogen and oxygen atoms in total. The van der Waals surface area contributed by atoms with Crippen molar-refractivity contribution in [1.29, 1.82) is 0 Å². The summed E-state index contributed by atoms with van der Waals surface area (Å²) in [5.41, 5.74) is 0.0691. The summed E-state index contributed by atoms with van der Waals surface area (Å²) < 4.78 is 31.5. The Balaban J connectivity index is 1.52. The van der Waals surface area contributed by atoms with Crippen LogP contribution in [0.4, 0.5) is 8.78 Å². The quantitative estimate of drug-likeness (QED) is 0.721. The minimum Gasteiger partial charge on any atom is -0.492 e. The highest BCUT2D eigenvalue weighted by molar-refractivity contribution is 5.94. The molecule has 0 aliphatic carbocycles.